The number of ether oxygens (including phenoxy) is 1. The summed E-state index contributed by atoms with van der Waals surface area (Å²) in [6.07, 6.45) is -13.6. The molecule has 17 heteroatoms. The van der Waals surface area contributed by atoms with Crippen LogP contribution in [-0.4, -0.2) is 41.1 Å². The topological polar surface area (TPSA) is 49.9 Å². The van der Waals surface area contributed by atoms with E-state index in [0.29, 0.717) is 39.7 Å². The van der Waals surface area contributed by atoms with E-state index in [4.69, 9.17) is 34.8 Å². The Morgan fingerprint density at radius 1 is 0.444 bits per heavy atom. The van der Waals surface area contributed by atoms with Gasteiger partial charge in [0.25, 0.3) is 11.8 Å². The molecule has 0 fully saturated rings. The van der Waals surface area contributed by atoms with Crippen molar-refractivity contribution in [2.45, 2.75) is 97.0 Å². The second-order valence-electron chi connectivity index (χ2n) is 19.1. The number of halogens is 12. The average Bonchev–Trinajstić information content (AvgIpc) is 3.27. The first-order chi connectivity index (χ1) is 33.3. The fraction of sp³-hybridized carbons (Fsp3) is 0.309. The van der Waals surface area contributed by atoms with Gasteiger partial charge in [-0.2, -0.15) is 26.3 Å². The second-order valence-corrected chi connectivity index (χ2v) is 20.4. The lowest BCUT2D eigenvalue weighted by molar-refractivity contribution is -0.274. The molecule has 0 bridgehead atoms. The molecule has 0 saturated carbocycles. The van der Waals surface area contributed by atoms with Crippen molar-refractivity contribution in [1.82, 2.24) is 9.80 Å². The van der Waals surface area contributed by atoms with E-state index in [1.165, 1.54) is 40.8 Å². The van der Waals surface area contributed by atoms with Crippen LogP contribution >= 0.6 is 34.8 Å². The molecule has 0 atom stereocenters. The number of hydrogen-bond acceptors (Lipinski definition) is 3. The first kappa shape index (κ1) is 57.2. The lowest BCUT2D eigenvalue weighted by Gasteiger charge is -2.25. The fourth-order valence-corrected chi connectivity index (χ4v) is 8.18. The van der Waals surface area contributed by atoms with E-state index < -0.39 is 35.7 Å². The van der Waals surface area contributed by atoms with Gasteiger partial charge < -0.3 is 14.5 Å². The molecule has 2 amide bonds. The van der Waals surface area contributed by atoms with Gasteiger partial charge in [-0.1, -0.05) is 155 Å². The average molecular weight is 1070 g/mol. The molecule has 0 saturated heterocycles. The van der Waals surface area contributed by atoms with Gasteiger partial charge in [0.15, 0.2) is 0 Å². The van der Waals surface area contributed by atoms with Crippen LogP contribution in [0.2, 0.25) is 15.1 Å². The first-order valence-electron chi connectivity index (χ1n) is 22.5. The third kappa shape index (κ3) is 17.5. The lowest BCUT2D eigenvalue weighted by Crippen LogP contribution is -2.33. The van der Waals surface area contributed by atoms with E-state index >= 15 is 0 Å². The predicted molar refractivity (Wildman–Crippen MR) is 265 cm³/mol. The molecule has 0 N–H and O–H groups in total. The van der Waals surface area contributed by atoms with Crippen molar-refractivity contribution >= 4 is 46.6 Å². The second kappa shape index (κ2) is 23.4. The van der Waals surface area contributed by atoms with E-state index in [9.17, 15) is 49.1 Å². The number of carbonyl (C=O) groups is 2. The number of carbonyl (C=O) groups excluding carboxylic acids is 2. The number of hydrogen-bond donors (Lipinski definition) is 0. The molecule has 0 aliphatic heterocycles. The summed E-state index contributed by atoms with van der Waals surface area (Å²) in [6.45, 7) is 13.1. The molecule has 6 aromatic rings. The summed E-state index contributed by atoms with van der Waals surface area (Å²) >= 11 is 18.1. The molecule has 0 radical (unpaired) electrons. The molecule has 0 unspecified atom stereocenters. The van der Waals surface area contributed by atoms with Crippen LogP contribution in [0.25, 0.3) is 0 Å². The van der Waals surface area contributed by atoms with E-state index in [0.717, 1.165) is 47.0 Å². The Morgan fingerprint density at radius 2 is 0.847 bits per heavy atom. The third-order valence-corrected chi connectivity index (χ3v) is 11.9. The van der Waals surface area contributed by atoms with Gasteiger partial charge in [-0.15, -0.1) is 13.2 Å². The zero-order valence-electron chi connectivity index (χ0n) is 40.1. The molecule has 6 rings (SSSR count). The van der Waals surface area contributed by atoms with Gasteiger partial charge in [-0.25, -0.2) is 0 Å². The van der Waals surface area contributed by atoms with Crippen LogP contribution in [0.5, 0.6) is 5.75 Å². The van der Waals surface area contributed by atoms with E-state index in [-0.39, 0.29) is 59.1 Å². The number of alkyl halides is 9. The van der Waals surface area contributed by atoms with Gasteiger partial charge in [0.1, 0.15) is 5.75 Å². The maximum Gasteiger partial charge on any atom is 0.573 e. The van der Waals surface area contributed by atoms with E-state index in [2.05, 4.69) is 25.5 Å². The molecule has 72 heavy (non-hydrogen) atoms. The number of amides is 2. The predicted octanol–water partition coefficient (Wildman–Crippen LogP) is 16.6. The molecule has 0 heterocycles. The minimum Gasteiger partial charge on any atom is -0.406 e. The van der Waals surface area contributed by atoms with Crippen LogP contribution in [0.3, 0.4) is 0 Å². The van der Waals surface area contributed by atoms with Crippen LogP contribution in [0.1, 0.15) is 107 Å². The Balaban J connectivity index is 0.000000268. The molecule has 0 aliphatic carbocycles. The van der Waals surface area contributed by atoms with Gasteiger partial charge in [0, 0.05) is 52.4 Å². The Labute approximate surface area is 428 Å². The summed E-state index contributed by atoms with van der Waals surface area (Å²) in [7, 11) is 0. The van der Waals surface area contributed by atoms with Crippen molar-refractivity contribution < 1.29 is 53.8 Å². The van der Waals surface area contributed by atoms with Crippen LogP contribution in [0, 0.1) is 0 Å². The zero-order valence-corrected chi connectivity index (χ0v) is 42.4. The van der Waals surface area contributed by atoms with Crippen LogP contribution < -0.4 is 4.74 Å². The molecule has 0 spiro atoms. The maximum atomic E-state index is 13.4. The first-order valence-corrected chi connectivity index (χ1v) is 23.6. The van der Waals surface area contributed by atoms with Crippen molar-refractivity contribution in [1.29, 1.82) is 0 Å². The Hall–Kier alpha value is -5.70. The Kier molecular flexibility index (Phi) is 18.6. The molecule has 0 aliphatic rings. The number of rotatable bonds is 13. The normalized spacial score (nSPS) is 12.2. The molecule has 0 aromatic heterocycles. The van der Waals surface area contributed by atoms with Crippen molar-refractivity contribution in [3.8, 4) is 5.75 Å². The molecular formula is C55H52Cl3F9N2O3. The highest BCUT2D eigenvalue weighted by molar-refractivity contribution is 6.35. The van der Waals surface area contributed by atoms with Crippen molar-refractivity contribution in [3.63, 3.8) is 0 Å². The number of benzene rings is 6. The SMILES string of the molecule is CC(C)(C)c1ccc(CN(CCc2cccc(C(F)(F)F)c2)C(=O)c2cc(Cl)cc(C(F)(F)F)c2)cc1.CC(C)(C)c1ccc(CN(CCc2cccc(OC(F)(F)F)c2)C(=O)c2cc(Cl)cc(Cl)c2)cc1. The van der Waals surface area contributed by atoms with Crippen molar-refractivity contribution in [2.75, 3.05) is 13.1 Å². The highest BCUT2D eigenvalue weighted by Gasteiger charge is 2.34. The van der Waals surface area contributed by atoms with Gasteiger partial charge in [0.2, 0.25) is 0 Å². The molecule has 5 nitrogen and oxygen atoms in total. The molecule has 384 valence electrons. The van der Waals surface area contributed by atoms with E-state index in [1.807, 2.05) is 69.3 Å². The highest BCUT2D eigenvalue weighted by atomic mass is 35.5. The minimum absolute atomic E-state index is 0.00489. The Morgan fingerprint density at radius 3 is 1.26 bits per heavy atom. The monoisotopic (exact) mass is 1060 g/mol. The summed E-state index contributed by atoms with van der Waals surface area (Å²) in [5.74, 6) is -1.29. The number of nitrogens with zero attached hydrogens (tertiary/aromatic N) is 2. The zero-order chi connectivity index (χ0) is 53.4. The van der Waals surface area contributed by atoms with Gasteiger partial charge in [-0.3, -0.25) is 9.59 Å². The van der Waals surface area contributed by atoms with Gasteiger partial charge >= 0.3 is 18.7 Å². The minimum atomic E-state index is -4.77. The summed E-state index contributed by atoms with van der Waals surface area (Å²) in [6, 6.07) is 33.2. The quantitative estimate of drug-likeness (QED) is 0.108. The fourth-order valence-electron chi connectivity index (χ4n) is 7.41. The van der Waals surface area contributed by atoms with Crippen LogP contribution in [0.4, 0.5) is 39.5 Å². The lowest BCUT2D eigenvalue weighted by atomic mass is 9.86. The van der Waals surface area contributed by atoms with Crippen LogP contribution in [-0.2, 0) is 49.1 Å². The van der Waals surface area contributed by atoms with Gasteiger partial charge in [-0.05, 0) is 112 Å². The molecule has 6 aromatic carbocycles. The van der Waals surface area contributed by atoms with Crippen LogP contribution in [0.15, 0.2) is 133 Å². The third-order valence-electron chi connectivity index (χ3n) is 11.3. The largest absolute Gasteiger partial charge is 0.573 e. The Bertz CT molecular complexity index is 2780. The summed E-state index contributed by atoms with van der Waals surface area (Å²) in [4.78, 5) is 29.7. The van der Waals surface area contributed by atoms with Crippen molar-refractivity contribution in [3.05, 3.63) is 204 Å². The summed E-state index contributed by atoms with van der Waals surface area (Å²) in [5.41, 5.74) is 2.93. The highest BCUT2D eigenvalue weighted by Crippen LogP contribution is 2.34. The van der Waals surface area contributed by atoms with Gasteiger partial charge in [0.05, 0.1) is 11.1 Å². The summed E-state index contributed by atoms with van der Waals surface area (Å²) in [5, 5.41) is 0.435. The summed E-state index contributed by atoms with van der Waals surface area (Å²) < 4.78 is 121. The maximum absolute atomic E-state index is 13.4. The van der Waals surface area contributed by atoms with Crippen molar-refractivity contribution in [2.24, 2.45) is 0 Å². The smallest absolute Gasteiger partial charge is 0.406 e. The molecular weight excluding hydrogens is 1010 g/mol. The van der Waals surface area contributed by atoms with E-state index in [1.54, 1.807) is 29.2 Å². The standard InChI is InChI=1S/C28H26ClF6NO.C27H26Cl2F3NO2/c1-26(2,3)21-9-7-19(8-10-21)17-36(12-11-18-5-4-6-22(13-18)27(30,31)32)25(37)20-14-23(28(33,34)35)16-24(29)15-20;1-26(2,3)21-9-7-19(8-10-21)17-33(25(34)20-14-22(28)16-23(29)15-20)12-11-18-5-4-6-24(13-18)35-27(30,31)32/h4-10,13-16H,11-12,17H2,1-3H3;4-10,13-16H,11-12,17H2,1-3H3.